The normalized spacial score (nSPS) is 13.7. The van der Waals surface area contributed by atoms with Crippen molar-refractivity contribution in [3.8, 4) is 11.1 Å². The Morgan fingerprint density at radius 3 is 2.58 bits per heavy atom. The van der Waals surface area contributed by atoms with E-state index in [2.05, 4.69) is 44.7 Å². The zero-order valence-electron chi connectivity index (χ0n) is 28.3. The first-order valence-corrected chi connectivity index (χ1v) is 16.6. The summed E-state index contributed by atoms with van der Waals surface area (Å²) in [7, 11) is 3.83. The Hall–Kier alpha value is -5.03. The van der Waals surface area contributed by atoms with Gasteiger partial charge in [-0.05, 0) is 80.4 Å². The van der Waals surface area contributed by atoms with Crippen LogP contribution < -0.4 is 15.8 Å². The molecule has 1 aromatic carbocycles. The number of nitrogens with zero attached hydrogens (tertiary/aromatic N) is 5. The van der Waals surface area contributed by atoms with Crippen LogP contribution in [0.1, 0.15) is 46.9 Å². The van der Waals surface area contributed by atoms with Gasteiger partial charge in [-0.15, -0.1) is 0 Å². The second-order valence-corrected chi connectivity index (χ2v) is 12.5. The van der Waals surface area contributed by atoms with Crippen LogP contribution in [0, 0.1) is 6.92 Å². The van der Waals surface area contributed by atoms with E-state index in [-0.39, 0.29) is 23.9 Å². The third-order valence-electron chi connectivity index (χ3n) is 8.94. The van der Waals surface area contributed by atoms with E-state index in [9.17, 15) is 19.2 Å². The van der Waals surface area contributed by atoms with Gasteiger partial charge in [-0.2, -0.15) is 0 Å². The first-order valence-electron chi connectivity index (χ1n) is 16.6. The van der Waals surface area contributed by atoms with Crippen molar-refractivity contribution in [2.75, 3.05) is 51.7 Å². The summed E-state index contributed by atoms with van der Waals surface area (Å²) in [5.74, 6) is 0.432. The quantitative estimate of drug-likeness (QED) is 0.166. The first kappa shape index (κ1) is 34.3. The Balaban J connectivity index is 1.44. The number of piperazine rings is 1. The maximum Gasteiger partial charge on any atom is 0.253 e. The molecule has 1 saturated heterocycles. The molecule has 0 atom stereocenters. The number of anilines is 1. The van der Waals surface area contributed by atoms with Gasteiger partial charge in [-0.25, -0.2) is 4.98 Å². The van der Waals surface area contributed by atoms with Crippen LogP contribution in [0.2, 0.25) is 0 Å². The van der Waals surface area contributed by atoms with Crippen molar-refractivity contribution in [2.24, 2.45) is 0 Å². The molecular formula is C37H45N7O4. The van der Waals surface area contributed by atoms with Crippen molar-refractivity contribution in [1.29, 1.82) is 0 Å². The number of hydrogen-bond acceptors (Lipinski definition) is 7. The van der Waals surface area contributed by atoms with Gasteiger partial charge in [0.1, 0.15) is 12.1 Å². The lowest BCUT2D eigenvalue weighted by Gasteiger charge is -2.33. The molecule has 0 unspecified atom stereocenters. The molecule has 2 amide bonds. The lowest BCUT2D eigenvalue weighted by Crippen LogP contribution is -2.44. The molecule has 1 fully saturated rings. The number of fused-ring (bicyclic) bond motifs is 1. The second kappa shape index (κ2) is 15.7. The number of nitrogens with one attached hydrogen (secondary N) is 2. The maximum absolute atomic E-state index is 13.9. The summed E-state index contributed by atoms with van der Waals surface area (Å²) in [6.07, 6.45) is 9.17. The second-order valence-electron chi connectivity index (χ2n) is 12.5. The van der Waals surface area contributed by atoms with Crippen LogP contribution in [0.25, 0.3) is 22.0 Å². The molecule has 252 valence electrons. The van der Waals surface area contributed by atoms with Gasteiger partial charge >= 0.3 is 0 Å². The molecule has 0 saturated carbocycles. The summed E-state index contributed by atoms with van der Waals surface area (Å²) >= 11 is 0. The van der Waals surface area contributed by atoms with Crippen molar-refractivity contribution in [2.45, 2.75) is 46.2 Å². The van der Waals surface area contributed by atoms with Gasteiger partial charge in [0.05, 0.1) is 0 Å². The number of hydrogen-bond donors (Lipinski definition) is 2. The smallest absolute Gasteiger partial charge is 0.253 e. The fraction of sp³-hybridized carbons (Fsp3) is 0.378. The SMILES string of the molecule is CCCc1cc(C)[nH]c(=O)c1CNC(=O)c1cc(-c2ccc(N3CCN(C)CC3)nc2)cc2c1ccn2CCCN(C)C(=O)/C=C\C=O. The van der Waals surface area contributed by atoms with Crippen LogP contribution in [-0.4, -0.2) is 89.3 Å². The Kier molecular flexibility index (Phi) is 11.2. The number of rotatable bonds is 13. The Bertz CT molecular complexity index is 1850. The van der Waals surface area contributed by atoms with Crippen molar-refractivity contribution in [3.05, 3.63) is 93.7 Å². The van der Waals surface area contributed by atoms with E-state index < -0.39 is 0 Å². The zero-order valence-corrected chi connectivity index (χ0v) is 28.3. The van der Waals surface area contributed by atoms with Crippen LogP contribution in [0.4, 0.5) is 5.82 Å². The summed E-state index contributed by atoms with van der Waals surface area (Å²) in [4.78, 5) is 63.4. The number of likely N-dealkylation sites (N-methyl/N-ethyl adjacent to an activating group) is 2. The number of carbonyl (C=O) groups is 3. The van der Waals surface area contributed by atoms with Crippen LogP contribution in [0.3, 0.4) is 0 Å². The van der Waals surface area contributed by atoms with E-state index >= 15 is 0 Å². The van der Waals surface area contributed by atoms with Crippen molar-refractivity contribution in [3.63, 3.8) is 0 Å². The average molecular weight is 652 g/mol. The van der Waals surface area contributed by atoms with E-state index in [1.54, 1.807) is 11.9 Å². The van der Waals surface area contributed by atoms with Crippen LogP contribution in [0.5, 0.6) is 0 Å². The fourth-order valence-electron chi connectivity index (χ4n) is 6.20. The van der Waals surface area contributed by atoms with Crippen LogP contribution in [0.15, 0.2) is 65.7 Å². The molecule has 2 N–H and O–H groups in total. The van der Waals surface area contributed by atoms with Crippen LogP contribution in [-0.2, 0) is 29.1 Å². The maximum atomic E-state index is 13.9. The predicted octanol–water partition coefficient (Wildman–Crippen LogP) is 3.94. The molecule has 4 heterocycles. The number of aryl methyl sites for hydroxylation is 3. The summed E-state index contributed by atoms with van der Waals surface area (Å²) in [6.45, 7) is 8.99. The molecule has 0 aliphatic carbocycles. The van der Waals surface area contributed by atoms with Gasteiger partial charge in [0.15, 0.2) is 0 Å². The molecule has 11 heteroatoms. The van der Waals surface area contributed by atoms with Crippen molar-refractivity contribution >= 4 is 34.8 Å². The zero-order chi connectivity index (χ0) is 34.2. The van der Waals surface area contributed by atoms with Gasteiger partial charge < -0.3 is 29.6 Å². The van der Waals surface area contributed by atoms with Gasteiger partial charge in [-0.3, -0.25) is 19.2 Å². The Morgan fingerprint density at radius 2 is 1.88 bits per heavy atom. The van der Waals surface area contributed by atoms with E-state index in [0.29, 0.717) is 36.9 Å². The summed E-state index contributed by atoms with van der Waals surface area (Å²) in [6, 6.07) is 12.0. The topological polar surface area (TPSA) is 124 Å². The summed E-state index contributed by atoms with van der Waals surface area (Å²) in [5.41, 5.74) is 5.29. The molecule has 48 heavy (non-hydrogen) atoms. The van der Waals surface area contributed by atoms with E-state index in [4.69, 9.17) is 4.98 Å². The molecule has 3 aromatic heterocycles. The molecule has 1 aliphatic heterocycles. The molecule has 5 rings (SSSR count). The fourth-order valence-corrected chi connectivity index (χ4v) is 6.20. The number of aldehydes is 1. The number of pyridine rings is 2. The number of amides is 2. The van der Waals surface area contributed by atoms with Crippen molar-refractivity contribution < 1.29 is 14.4 Å². The third-order valence-corrected chi connectivity index (χ3v) is 8.94. The molecule has 11 nitrogen and oxygen atoms in total. The highest BCUT2D eigenvalue weighted by atomic mass is 16.2. The number of allylic oxidation sites excluding steroid dienone is 1. The van der Waals surface area contributed by atoms with Gasteiger partial charge in [0, 0.05) is 105 Å². The van der Waals surface area contributed by atoms with Crippen LogP contribution >= 0.6 is 0 Å². The lowest BCUT2D eigenvalue weighted by molar-refractivity contribution is -0.125. The third kappa shape index (κ3) is 8.09. The van der Waals surface area contributed by atoms with E-state index in [0.717, 1.165) is 78.1 Å². The minimum absolute atomic E-state index is 0.121. The number of benzene rings is 1. The van der Waals surface area contributed by atoms with E-state index in [1.807, 2.05) is 49.6 Å². The largest absolute Gasteiger partial charge is 0.354 e. The minimum atomic E-state index is -0.267. The highest BCUT2D eigenvalue weighted by molar-refractivity contribution is 6.08. The van der Waals surface area contributed by atoms with E-state index in [1.165, 1.54) is 12.2 Å². The molecule has 0 bridgehead atoms. The van der Waals surface area contributed by atoms with Gasteiger partial charge in [-0.1, -0.05) is 13.3 Å². The highest BCUT2D eigenvalue weighted by Gasteiger charge is 2.19. The number of carbonyl (C=O) groups excluding carboxylic acids is 3. The van der Waals surface area contributed by atoms with Gasteiger partial charge in [0.2, 0.25) is 5.91 Å². The molecule has 1 aliphatic rings. The Labute approximate surface area is 281 Å². The lowest BCUT2D eigenvalue weighted by atomic mass is 10.00. The molecular weight excluding hydrogens is 606 g/mol. The highest BCUT2D eigenvalue weighted by Crippen LogP contribution is 2.30. The average Bonchev–Trinajstić information content (AvgIpc) is 3.49. The monoisotopic (exact) mass is 651 g/mol. The molecule has 4 aromatic rings. The number of aromatic amines is 1. The first-order chi connectivity index (χ1) is 23.2. The minimum Gasteiger partial charge on any atom is -0.354 e. The number of H-pyrrole nitrogens is 1. The molecule has 0 spiro atoms. The summed E-state index contributed by atoms with van der Waals surface area (Å²) in [5, 5.41) is 3.82. The van der Waals surface area contributed by atoms with Gasteiger partial charge in [0.25, 0.3) is 11.5 Å². The standard InChI is InChI=1S/C37H45N7O4/c1-5-8-27-21-26(2)40-37(48)32(27)25-39-36(47)31-22-29(28-10-11-34(38-24-28)44-18-16-41(3)17-19-44)23-33-30(31)12-15-43(33)14-7-13-42(4)35(46)9-6-20-45/h6,9-12,15,20-24H,5,7-8,13-14,16-19,25H2,1-4H3,(H,39,47)(H,40,48)/b9-6-. The molecule has 0 radical (unpaired) electrons. The Morgan fingerprint density at radius 1 is 1.08 bits per heavy atom. The van der Waals surface area contributed by atoms with Crippen molar-refractivity contribution in [1.82, 2.24) is 29.7 Å². The summed E-state index contributed by atoms with van der Waals surface area (Å²) < 4.78 is 2.09. The predicted molar refractivity (Wildman–Crippen MR) is 189 cm³/mol. The number of aromatic nitrogens is 3.